The second-order valence-corrected chi connectivity index (χ2v) is 7.60. The number of aryl methyl sites for hydroxylation is 2. The number of likely N-dealkylation sites (tertiary alicyclic amines) is 1. The molecule has 0 radical (unpaired) electrons. The maximum absolute atomic E-state index is 12.7. The van der Waals surface area contributed by atoms with Crippen LogP contribution in [0.3, 0.4) is 0 Å². The van der Waals surface area contributed by atoms with Gasteiger partial charge in [-0.15, -0.1) is 10.2 Å². The van der Waals surface area contributed by atoms with Crippen molar-refractivity contribution in [1.82, 2.24) is 24.6 Å². The van der Waals surface area contributed by atoms with Gasteiger partial charge in [-0.3, -0.25) is 14.5 Å². The first-order valence-electron chi connectivity index (χ1n) is 10.2. The monoisotopic (exact) mass is 399 g/mol. The Morgan fingerprint density at radius 1 is 1.17 bits per heavy atom. The van der Waals surface area contributed by atoms with Gasteiger partial charge in [0, 0.05) is 13.0 Å². The van der Waals surface area contributed by atoms with Crippen LogP contribution in [0.1, 0.15) is 43.0 Å². The molecule has 3 heterocycles. The van der Waals surface area contributed by atoms with Crippen LogP contribution in [0.4, 0.5) is 0 Å². The molecule has 1 fully saturated rings. The third kappa shape index (κ3) is 5.41. The highest BCUT2D eigenvalue weighted by Crippen LogP contribution is 2.23. The van der Waals surface area contributed by atoms with Gasteiger partial charge in [0.25, 0.3) is 6.47 Å². The van der Waals surface area contributed by atoms with Crippen molar-refractivity contribution >= 4 is 12.4 Å². The molecule has 2 aliphatic heterocycles. The molecule has 4 rings (SSSR count). The largest absolute Gasteiger partial charge is 0.483 e. The number of fused-ring (bicyclic) bond motifs is 1. The molecule has 156 valence electrons. The summed E-state index contributed by atoms with van der Waals surface area (Å²) in [6.07, 6.45) is 4.26. The van der Waals surface area contributed by atoms with Crippen molar-refractivity contribution in [2.24, 2.45) is 0 Å². The minimum absolute atomic E-state index is 0.221. The van der Waals surface area contributed by atoms with E-state index in [1.807, 2.05) is 11.0 Å². The van der Waals surface area contributed by atoms with E-state index < -0.39 is 0 Å². The van der Waals surface area contributed by atoms with E-state index in [0.29, 0.717) is 13.1 Å². The van der Waals surface area contributed by atoms with Crippen molar-refractivity contribution in [2.75, 3.05) is 26.2 Å². The average molecular weight is 399 g/mol. The van der Waals surface area contributed by atoms with Crippen molar-refractivity contribution in [3.8, 4) is 0 Å². The Hall–Kier alpha value is -2.74. The van der Waals surface area contributed by atoms with E-state index in [2.05, 4.69) is 50.9 Å². The van der Waals surface area contributed by atoms with Crippen molar-refractivity contribution in [2.45, 2.75) is 45.2 Å². The molecule has 0 saturated carbocycles. The number of rotatable bonds is 5. The quantitative estimate of drug-likeness (QED) is 0.771. The van der Waals surface area contributed by atoms with Gasteiger partial charge in [-0.05, 0) is 44.8 Å². The summed E-state index contributed by atoms with van der Waals surface area (Å²) >= 11 is 0. The van der Waals surface area contributed by atoms with E-state index in [1.54, 1.807) is 0 Å². The van der Waals surface area contributed by atoms with Gasteiger partial charge in [-0.2, -0.15) is 0 Å². The lowest BCUT2D eigenvalue weighted by Crippen LogP contribution is -2.45. The number of nitrogens with zero attached hydrogens (tertiary/aromatic N) is 5. The predicted molar refractivity (Wildman–Crippen MR) is 108 cm³/mol. The third-order valence-corrected chi connectivity index (χ3v) is 5.49. The Morgan fingerprint density at radius 3 is 2.55 bits per heavy atom. The number of carbonyl (C=O) groups excluding carboxylic acids is 1. The fraction of sp³-hybridized carbons (Fsp3) is 0.524. The fourth-order valence-electron chi connectivity index (χ4n) is 4.11. The van der Waals surface area contributed by atoms with Crippen LogP contribution in [0, 0.1) is 0 Å². The summed E-state index contributed by atoms with van der Waals surface area (Å²) in [4.78, 5) is 25.2. The Bertz CT molecular complexity index is 802. The highest BCUT2D eigenvalue weighted by Gasteiger charge is 2.30. The number of benzene rings is 1. The number of aromatic nitrogens is 3. The summed E-state index contributed by atoms with van der Waals surface area (Å²) in [6.45, 7) is 5.88. The van der Waals surface area contributed by atoms with Crippen LogP contribution in [-0.4, -0.2) is 68.2 Å². The Labute approximate surface area is 171 Å². The Morgan fingerprint density at radius 2 is 1.86 bits per heavy atom. The first-order chi connectivity index (χ1) is 14.1. The maximum atomic E-state index is 12.7. The van der Waals surface area contributed by atoms with Crippen molar-refractivity contribution < 1.29 is 14.7 Å². The summed E-state index contributed by atoms with van der Waals surface area (Å²) in [5.74, 6) is 2.17. The minimum Gasteiger partial charge on any atom is -0.483 e. The van der Waals surface area contributed by atoms with Gasteiger partial charge in [-0.1, -0.05) is 30.3 Å². The van der Waals surface area contributed by atoms with Gasteiger partial charge in [0.2, 0.25) is 5.91 Å². The summed E-state index contributed by atoms with van der Waals surface area (Å²) < 4.78 is 2.24. The topological polar surface area (TPSA) is 91.6 Å². The zero-order valence-corrected chi connectivity index (χ0v) is 16.9. The number of hydrogen-bond donors (Lipinski definition) is 1. The van der Waals surface area contributed by atoms with E-state index in [9.17, 15) is 4.79 Å². The molecule has 29 heavy (non-hydrogen) atoms. The normalized spacial score (nSPS) is 18.7. The van der Waals surface area contributed by atoms with Crippen LogP contribution in [0.5, 0.6) is 0 Å². The molecular formula is C21H29N5O3. The average Bonchev–Trinajstić information content (AvgIpc) is 3.37. The van der Waals surface area contributed by atoms with Gasteiger partial charge in [0.05, 0.1) is 19.1 Å². The van der Waals surface area contributed by atoms with Gasteiger partial charge in [-0.25, -0.2) is 0 Å². The van der Waals surface area contributed by atoms with E-state index in [4.69, 9.17) is 9.90 Å². The summed E-state index contributed by atoms with van der Waals surface area (Å²) in [7, 11) is 0. The number of carboxylic acid groups (broad SMARTS) is 1. The molecule has 0 aliphatic carbocycles. The summed E-state index contributed by atoms with van der Waals surface area (Å²) in [6, 6.07) is 10.7. The van der Waals surface area contributed by atoms with Crippen LogP contribution >= 0.6 is 0 Å². The second-order valence-electron chi connectivity index (χ2n) is 7.60. The molecular weight excluding hydrogens is 370 g/mol. The zero-order chi connectivity index (χ0) is 20.6. The third-order valence-electron chi connectivity index (χ3n) is 5.49. The fourth-order valence-corrected chi connectivity index (χ4v) is 4.11. The maximum Gasteiger partial charge on any atom is 0.290 e. The van der Waals surface area contributed by atoms with Gasteiger partial charge in [0.1, 0.15) is 5.82 Å². The molecule has 8 nitrogen and oxygen atoms in total. The SMILES string of the molecule is C[C@H]1CN(C(=O)CN2CCCC2)Cc2nnc(CCc3ccccc3)n21.O=CO. The van der Waals surface area contributed by atoms with Crippen LogP contribution in [0.25, 0.3) is 0 Å². The zero-order valence-electron chi connectivity index (χ0n) is 16.9. The molecule has 1 aromatic heterocycles. The molecule has 1 saturated heterocycles. The summed E-state index contributed by atoms with van der Waals surface area (Å²) in [5.41, 5.74) is 1.32. The van der Waals surface area contributed by atoms with Crippen LogP contribution < -0.4 is 0 Å². The number of carbonyl (C=O) groups is 2. The molecule has 2 aromatic rings. The molecule has 8 heteroatoms. The predicted octanol–water partition coefficient (Wildman–Crippen LogP) is 1.76. The van der Waals surface area contributed by atoms with Gasteiger partial charge < -0.3 is 14.6 Å². The standard InChI is InChI=1S/C20H27N5O.CH2O2/c1-16-13-24(20(26)15-23-11-5-6-12-23)14-19-22-21-18(25(16)19)10-9-17-7-3-2-4-8-17;2-1-3/h2-4,7-8,16H,5-6,9-15H2,1H3;1H,(H,2,3)/t16-;/m0./s1. The molecule has 1 aromatic carbocycles. The highest BCUT2D eigenvalue weighted by atomic mass is 16.3. The molecule has 1 amide bonds. The van der Waals surface area contributed by atoms with E-state index in [0.717, 1.165) is 44.1 Å². The molecule has 2 aliphatic rings. The Kier molecular flexibility index (Phi) is 7.35. The first-order valence-corrected chi connectivity index (χ1v) is 10.2. The molecule has 0 unspecified atom stereocenters. The van der Waals surface area contributed by atoms with Crippen molar-refractivity contribution in [1.29, 1.82) is 0 Å². The van der Waals surface area contributed by atoms with E-state index >= 15 is 0 Å². The van der Waals surface area contributed by atoms with Crippen molar-refractivity contribution in [3.63, 3.8) is 0 Å². The van der Waals surface area contributed by atoms with E-state index in [1.165, 1.54) is 18.4 Å². The van der Waals surface area contributed by atoms with Crippen LogP contribution in [-0.2, 0) is 29.0 Å². The van der Waals surface area contributed by atoms with Gasteiger partial charge >= 0.3 is 0 Å². The lowest BCUT2D eigenvalue weighted by Gasteiger charge is -2.33. The highest BCUT2D eigenvalue weighted by molar-refractivity contribution is 5.78. The Balaban J connectivity index is 0.000000755. The number of amides is 1. The second kappa shape index (κ2) is 10.2. The van der Waals surface area contributed by atoms with Crippen molar-refractivity contribution in [3.05, 3.63) is 47.5 Å². The smallest absolute Gasteiger partial charge is 0.290 e. The number of hydrogen-bond acceptors (Lipinski definition) is 5. The first kappa shape index (κ1) is 21.0. The van der Waals surface area contributed by atoms with E-state index in [-0.39, 0.29) is 18.4 Å². The lowest BCUT2D eigenvalue weighted by molar-refractivity contribution is -0.134. The molecule has 1 atom stereocenters. The minimum atomic E-state index is -0.250. The lowest BCUT2D eigenvalue weighted by atomic mass is 10.1. The molecule has 1 N–H and O–H groups in total. The summed E-state index contributed by atoms with van der Waals surface area (Å²) in [5, 5.41) is 15.7. The van der Waals surface area contributed by atoms with Crippen LogP contribution in [0.15, 0.2) is 30.3 Å². The van der Waals surface area contributed by atoms with Crippen LogP contribution in [0.2, 0.25) is 0 Å². The van der Waals surface area contributed by atoms with Gasteiger partial charge in [0.15, 0.2) is 5.82 Å². The molecule has 0 bridgehead atoms. The molecule has 0 spiro atoms.